The molecule has 0 aliphatic carbocycles. The van der Waals surface area contributed by atoms with Crippen molar-refractivity contribution in [2.75, 3.05) is 46.6 Å². The van der Waals surface area contributed by atoms with Crippen molar-refractivity contribution in [2.24, 2.45) is 5.41 Å². The minimum atomic E-state index is -4.48. The van der Waals surface area contributed by atoms with Gasteiger partial charge in [-0.25, -0.2) is 0 Å². The van der Waals surface area contributed by atoms with Gasteiger partial charge in [-0.3, -0.25) is 9.69 Å². The summed E-state index contributed by atoms with van der Waals surface area (Å²) in [6.07, 6.45) is -0.322. The van der Waals surface area contributed by atoms with Gasteiger partial charge < -0.3 is 14.4 Å². The fourth-order valence-electron chi connectivity index (χ4n) is 4.89. The first-order chi connectivity index (χ1) is 17.2. The standard InChI is InChI=1S/C28H33F3N2O3/c1-27(19-36-20-27)18-33(17-23-6-3-4-9-25(23)28(29,30)31)26(34)11-10-21-7-5-8-22-16-32(14-15-35-2)13-12-24(21)22/h3-11H,12-20H2,1-2H3/b11-10+. The first kappa shape index (κ1) is 26.4. The molecule has 0 saturated carbocycles. The van der Waals surface area contributed by atoms with Crippen LogP contribution < -0.4 is 0 Å². The van der Waals surface area contributed by atoms with Crippen LogP contribution in [-0.2, 0) is 40.0 Å². The summed E-state index contributed by atoms with van der Waals surface area (Å²) in [6.45, 7) is 6.44. The molecular formula is C28H33F3N2O3. The Hall–Kier alpha value is -2.68. The summed E-state index contributed by atoms with van der Waals surface area (Å²) in [4.78, 5) is 17.2. The van der Waals surface area contributed by atoms with E-state index >= 15 is 0 Å². The highest BCUT2D eigenvalue weighted by Gasteiger charge is 2.38. The molecule has 0 atom stereocenters. The Morgan fingerprint density at radius 1 is 1.19 bits per heavy atom. The second kappa shape index (κ2) is 11.2. The lowest BCUT2D eigenvalue weighted by Gasteiger charge is -2.41. The third-order valence-corrected chi connectivity index (χ3v) is 6.87. The van der Waals surface area contributed by atoms with E-state index in [1.54, 1.807) is 19.3 Å². The fraction of sp³-hybridized carbons (Fsp3) is 0.464. The van der Waals surface area contributed by atoms with Gasteiger partial charge in [-0.05, 0) is 40.8 Å². The van der Waals surface area contributed by atoms with Gasteiger partial charge in [0.15, 0.2) is 0 Å². The number of carbonyl (C=O) groups is 1. The number of fused-ring (bicyclic) bond motifs is 1. The SMILES string of the molecule is COCCN1CCc2c(/C=C/C(=O)N(Cc3ccccc3C(F)(F)F)CC3(C)COC3)cccc2C1. The number of benzene rings is 2. The largest absolute Gasteiger partial charge is 0.416 e. The van der Waals surface area contributed by atoms with Crippen LogP contribution >= 0.6 is 0 Å². The lowest BCUT2D eigenvalue weighted by Crippen LogP contribution is -2.49. The molecule has 2 aromatic carbocycles. The van der Waals surface area contributed by atoms with Gasteiger partial charge in [0.05, 0.1) is 25.4 Å². The van der Waals surface area contributed by atoms with Gasteiger partial charge in [-0.2, -0.15) is 13.2 Å². The smallest absolute Gasteiger partial charge is 0.383 e. The average Bonchev–Trinajstić information content (AvgIpc) is 2.84. The number of ether oxygens (including phenoxy) is 2. The Morgan fingerprint density at radius 2 is 1.97 bits per heavy atom. The van der Waals surface area contributed by atoms with Gasteiger partial charge in [0, 0.05) is 51.3 Å². The maximum absolute atomic E-state index is 13.6. The van der Waals surface area contributed by atoms with E-state index in [-0.39, 0.29) is 23.4 Å². The van der Waals surface area contributed by atoms with E-state index in [9.17, 15) is 18.0 Å². The number of nitrogens with zero attached hydrogens (tertiary/aromatic N) is 2. The molecule has 2 heterocycles. The van der Waals surface area contributed by atoms with Crippen LogP contribution in [0.1, 0.15) is 34.7 Å². The second-order valence-corrected chi connectivity index (χ2v) is 9.99. The molecule has 194 valence electrons. The molecule has 2 aromatic rings. The zero-order valence-corrected chi connectivity index (χ0v) is 20.8. The summed E-state index contributed by atoms with van der Waals surface area (Å²) in [6, 6.07) is 11.5. The van der Waals surface area contributed by atoms with Crippen LogP contribution in [0, 0.1) is 5.41 Å². The number of hydrogen-bond acceptors (Lipinski definition) is 4. The van der Waals surface area contributed by atoms with Gasteiger partial charge in [0.1, 0.15) is 0 Å². The van der Waals surface area contributed by atoms with E-state index in [1.807, 2.05) is 19.1 Å². The number of methoxy groups -OCH3 is 1. The molecule has 8 heteroatoms. The van der Waals surface area contributed by atoms with Crippen molar-refractivity contribution >= 4 is 12.0 Å². The average molecular weight is 503 g/mol. The molecular weight excluding hydrogens is 469 g/mol. The van der Waals surface area contributed by atoms with Crippen molar-refractivity contribution < 1.29 is 27.4 Å². The second-order valence-electron chi connectivity index (χ2n) is 9.99. The van der Waals surface area contributed by atoms with E-state index < -0.39 is 11.7 Å². The van der Waals surface area contributed by atoms with E-state index in [1.165, 1.54) is 34.2 Å². The molecule has 36 heavy (non-hydrogen) atoms. The Labute approximate surface area is 210 Å². The summed E-state index contributed by atoms with van der Waals surface area (Å²) in [5, 5.41) is 0. The molecule has 0 radical (unpaired) electrons. The molecule has 0 spiro atoms. The number of alkyl halides is 3. The monoisotopic (exact) mass is 502 g/mol. The van der Waals surface area contributed by atoms with Crippen molar-refractivity contribution in [1.29, 1.82) is 0 Å². The van der Waals surface area contributed by atoms with Crippen LogP contribution in [0.4, 0.5) is 13.2 Å². The predicted octanol–water partition coefficient (Wildman–Crippen LogP) is 4.79. The van der Waals surface area contributed by atoms with Crippen LogP contribution in [-0.4, -0.2) is 62.3 Å². The van der Waals surface area contributed by atoms with Crippen LogP contribution in [0.2, 0.25) is 0 Å². The summed E-state index contributed by atoms with van der Waals surface area (Å²) in [5.74, 6) is -0.310. The van der Waals surface area contributed by atoms with Crippen molar-refractivity contribution in [1.82, 2.24) is 9.80 Å². The Morgan fingerprint density at radius 3 is 2.67 bits per heavy atom. The quantitative estimate of drug-likeness (QED) is 0.463. The molecule has 0 aromatic heterocycles. The molecule has 0 unspecified atom stereocenters. The number of rotatable bonds is 9. The molecule has 2 aliphatic rings. The predicted molar refractivity (Wildman–Crippen MR) is 132 cm³/mol. The summed E-state index contributed by atoms with van der Waals surface area (Å²) in [7, 11) is 1.70. The number of carbonyl (C=O) groups excluding carboxylic acids is 1. The van der Waals surface area contributed by atoms with Crippen molar-refractivity contribution in [3.05, 3.63) is 76.4 Å². The lowest BCUT2D eigenvalue weighted by molar-refractivity contribution is -0.144. The van der Waals surface area contributed by atoms with Gasteiger partial charge in [0.25, 0.3) is 0 Å². The van der Waals surface area contributed by atoms with E-state index in [0.29, 0.717) is 26.4 Å². The summed E-state index contributed by atoms with van der Waals surface area (Å²) >= 11 is 0. The van der Waals surface area contributed by atoms with E-state index in [0.717, 1.165) is 37.7 Å². The fourth-order valence-corrected chi connectivity index (χ4v) is 4.89. The molecule has 0 N–H and O–H groups in total. The summed E-state index contributed by atoms with van der Waals surface area (Å²) in [5.41, 5.74) is 2.52. The molecule has 1 saturated heterocycles. The van der Waals surface area contributed by atoms with E-state index in [2.05, 4.69) is 11.0 Å². The van der Waals surface area contributed by atoms with Crippen molar-refractivity contribution in [2.45, 2.75) is 32.6 Å². The highest BCUT2D eigenvalue weighted by molar-refractivity contribution is 5.92. The van der Waals surface area contributed by atoms with E-state index in [4.69, 9.17) is 9.47 Å². The van der Waals surface area contributed by atoms with Crippen LogP contribution in [0.5, 0.6) is 0 Å². The lowest BCUT2D eigenvalue weighted by atomic mass is 9.87. The normalized spacial score (nSPS) is 17.6. The van der Waals surface area contributed by atoms with Crippen molar-refractivity contribution in [3.8, 4) is 0 Å². The van der Waals surface area contributed by atoms with Crippen LogP contribution in [0.25, 0.3) is 6.08 Å². The zero-order valence-electron chi connectivity index (χ0n) is 20.8. The van der Waals surface area contributed by atoms with Crippen LogP contribution in [0.15, 0.2) is 48.5 Å². The highest BCUT2D eigenvalue weighted by atomic mass is 19.4. The number of amides is 1. The molecule has 5 nitrogen and oxygen atoms in total. The maximum Gasteiger partial charge on any atom is 0.416 e. The maximum atomic E-state index is 13.6. The van der Waals surface area contributed by atoms with Gasteiger partial charge in [-0.15, -0.1) is 0 Å². The summed E-state index contributed by atoms with van der Waals surface area (Å²) < 4.78 is 51.3. The molecule has 1 fully saturated rings. The molecule has 1 amide bonds. The zero-order chi connectivity index (χ0) is 25.8. The van der Waals surface area contributed by atoms with Crippen LogP contribution in [0.3, 0.4) is 0 Å². The van der Waals surface area contributed by atoms with Gasteiger partial charge >= 0.3 is 6.18 Å². The Balaban J connectivity index is 1.54. The number of halogens is 3. The van der Waals surface area contributed by atoms with Gasteiger partial charge in [-0.1, -0.05) is 43.3 Å². The van der Waals surface area contributed by atoms with Crippen molar-refractivity contribution in [3.63, 3.8) is 0 Å². The molecule has 4 rings (SSSR count). The molecule has 0 bridgehead atoms. The highest BCUT2D eigenvalue weighted by Crippen LogP contribution is 2.34. The van der Waals surface area contributed by atoms with Gasteiger partial charge in [0.2, 0.25) is 5.91 Å². The third kappa shape index (κ3) is 6.35. The minimum absolute atomic E-state index is 0.0869. The third-order valence-electron chi connectivity index (χ3n) is 6.87. The Kier molecular flexibility index (Phi) is 8.17. The number of hydrogen-bond donors (Lipinski definition) is 0. The molecule has 2 aliphatic heterocycles. The first-order valence-corrected chi connectivity index (χ1v) is 12.2. The topological polar surface area (TPSA) is 42.0 Å². The minimum Gasteiger partial charge on any atom is -0.383 e. The Bertz CT molecular complexity index is 1100. The first-order valence-electron chi connectivity index (χ1n) is 12.2.